The SMILES string of the molecule is CCc1ccccc1OCC(=O)Nc1nn2c(-c3ccc(OC)c(OC)c3)nnc2s1. The molecule has 9 nitrogen and oxygen atoms in total. The van der Waals surface area contributed by atoms with Gasteiger partial charge in [-0.05, 0) is 36.2 Å². The second-order valence-corrected chi connectivity index (χ2v) is 7.45. The standard InChI is InChI=1S/C21H21N5O4S/c1-4-13-7-5-6-8-15(13)30-12-18(27)22-20-25-26-19(23-24-21(26)31-20)14-9-10-16(28-2)17(11-14)29-3/h5-11H,4,12H2,1-3H3,(H,22,25,27). The van der Waals surface area contributed by atoms with Gasteiger partial charge in [0.25, 0.3) is 5.91 Å². The molecule has 4 aromatic rings. The number of amides is 1. The monoisotopic (exact) mass is 439 g/mol. The molecule has 1 amide bonds. The highest BCUT2D eigenvalue weighted by atomic mass is 32.1. The summed E-state index contributed by atoms with van der Waals surface area (Å²) < 4.78 is 17.9. The van der Waals surface area contributed by atoms with Gasteiger partial charge in [0.2, 0.25) is 10.1 Å². The van der Waals surface area contributed by atoms with Crippen LogP contribution in [-0.4, -0.2) is 46.5 Å². The number of carbonyl (C=O) groups is 1. The first-order chi connectivity index (χ1) is 15.1. The number of nitrogens with zero attached hydrogens (tertiary/aromatic N) is 4. The predicted molar refractivity (Wildman–Crippen MR) is 117 cm³/mol. The summed E-state index contributed by atoms with van der Waals surface area (Å²) in [5.74, 6) is 2.12. The molecule has 0 radical (unpaired) electrons. The number of aromatic nitrogens is 4. The molecule has 160 valence electrons. The van der Waals surface area contributed by atoms with Crippen LogP contribution in [0.15, 0.2) is 42.5 Å². The quantitative estimate of drug-likeness (QED) is 0.449. The fourth-order valence-corrected chi connectivity index (χ4v) is 3.81. The van der Waals surface area contributed by atoms with Gasteiger partial charge in [0.15, 0.2) is 23.9 Å². The summed E-state index contributed by atoms with van der Waals surface area (Å²) in [4.78, 5) is 12.9. The van der Waals surface area contributed by atoms with Gasteiger partial charge in [-0.15, -0.1) is 15.3 Å². The molecule has 10 heteroatoms. The van der Waals surface area contributed by atoms with Crippen molar-refractivity contribution in [3.05, 3.63) is 48.0 Å². The normalized spacial score (nSPS) is 10.8. The van der Waals surface area contributed by atoms with E-state index in [1.807, 2.05) is 37.3 Å². The zero-order valence-electron chi connectivity index (χ0n) is 17.3. The Morgan fingerprint density at radius 2 is 1.87 bits per heavy atom. The second kappa shape index (κ2) is 9.00. The fraction of sp³-hybridized carbons (Fsp3) is 0.238. The van der Waals surface area contributed by atoms with Crippen LogP contribution in [0.2, 0.25) is 0 Å². The molecule has 0 spiro atoms. The molecule has 1 N–H and O–H groups in total. The third-order valence-electron chi connectivity index (χ3n) is 4.59. The Hall–Kier alpha value is -3.66. The Morgan fingerprint density at radius 3 is 2.65 bits per heavy atom. The maximum absolute atomic E-state index is 12.3. The number of hydrogen-bond donors (Lipinski definition) is 1. The minimum atomic E-state index is -0.302. The molecular formula is C21H21N5O4S. The van der Waals surface area contributed by atoms with Crippen molar-refractivity contribution in [3.8, 4) is 28.6 Å². The first-order valence-electron chi connectivity index (χ1n) is 9.58. The Bertz CT molecular complexity index is 1220. The minimum absolute atomic E-state index is 0.111. The summed E-state index contributed by atoms with van der Waals surface area (Å²) in [6.45, 7) is 1.93. The van der Waals surface area contributed by atoms with E-state index in [-0.39, 0.29) is 12.5 Å². The van der Waals surface area contributed by atoms with Gasteiger partial charge in [-0.1, -0.05) is 36.5 Å². The summed E-state index contributed by atoms with van der Waals surface area (Å²) in [7, 11) is 3.14. The van der Waals surface area contributed by atoms with E-state index in [2.05, 4.69) is 20.6 Å². The third-order valence-corrected chi connectivity index (χ3v) is 5.41. The van der Waals surface area contributed by atoms with Gasteiger partial charge < -0.3 is 14.2 Å². The van der Waals surface area contributed by atoms with Crippen molar-refractivity contribution in [1.82, 2.24) is 19.8 Å². The zero-order valence-corrected chi connectivity index (χ0v) is 18.1. The fourth-order valence-electron chi connectivity index (χ4n) is 3.06. The molecule has 2 heterocycles. The number of hydrogen-bond acceptors (Lipinski definition) is 8. The summed E-state index contributed by atoms with van der Waals surface area (Å²) in [5, 5.41) is 15.9. The lowest BCUT2D eigenvalue weighted by atomic mass is 10.1. The van der Waals surface area contributed by atoms with Crippen LogP contribution in [0.3, 0.4) is 0 Å². The molecule has 31 heavy (non-hydrogen) atoms. The van der Waals surface area contributed by atoms with Gasteiger partial charge in [0.05, 0.1) is 14.2 Å². The first kappa shape index (κ1) is 20.6. The van der Waals surface area contributed by atoms with E-state index in [4.69, 9.17) is 14.2 Å². The van der Waals surface area contributed by atoms with E-state index >= 15 is 0 Å². The van der Waals surface area contributed by atoms with E-state index < -0.39 is 0 Å². The van der Waals surface area contributed by atoms with E-state index in [9.17, 15) is 4.79 Å². The van der Waals surface area contributed by atoms with Gasteiger partial charge >= 0.3 is 0 Å². The summed E-state index contributed by atoms with van der Waals surface area (Å²) >= 11 is 1.22. The lowest BCUT2D eigenvalue weighted by Crippen LogP contribution is -2.20. The van der Waals surface area contributed by atoms with Crippen molar-refractivity contribution in [3.63, 3.8) is 0 Å². The highest BCUT2D eigenvalue weighted by molar-refractivity contribution is 7.20. The Kier molecular flexibility index (Phi) is 5.99. The number of carbonyl (C=O) groups excluding carboxylic acids is 1. The van der Waals surface area contributed by atoms with Crippen LogP contribution < -0.4 is 19.5 Å². The van der Waals surface area contributed by atoms with Gasteiger partial charge in [0, 0.05) is 5.56 Å². The van der Waals surface area contributed by atoms with Crippen molar-refractivity contribution in [2.45, 2.75) is 13.3 Å². The maximum Gasteiger partial charge on any atom is 0.264 e. The van der Waals surface area contributed by atoms with Crippen molar-refractivity contribution in [2.75, 3.05) is 26.1 Å². The Balaban J connectivity index is 1.49. The number of fused-ring (bicyclic) bond motifs is 1. The summed E-state index contributed by atoms with van der Waals surface area (Å²) in [6, 6.07) is 13.1. The number of rotatable bonds is 8. The number of para-hydroxylation sites is 1. The number of nitrogens with one attached hydrogen (secondary N) is 1. The van der Waals surface area contributed by atoms with Crippen LogP contribution in [0.25, 0.3) is 16.3 Å². The van der Waals surface area contributed by atoms with Crippen molar-refractivity contribution in [1.29, 1.82) is 0 Å². The molecule has 0 bridgehead atoms. The average Bonchev–Trinajstić information content (AvgIpc) is 3.37. The zero-order chi connectivity index (χ0) is 21.8. The molecule has 0 saturated heterocycles. The van der Waals surface area contributed by atoms with Crippen LogP contribution in [-0.2, 0) is 11.2 Å². The molecule has 2 aromatic heterocycles. The molecule has 4 rings (SSSR count). The molecule has 0 atom stereocenters. The van der Waals surface area contributed by atoms with Gasteiger partial charge in [-0.2, -0.15) is 4.52 Å². The molecule has 2 aromatic carbocycles. The second-order valence-electron chi connectivity index (χ2n) is 6.49. The third kappa shape index (κ3) is 4.29. The van der Waals surface area contributed by atoms with E-state index in [0.717, 1.165) is 17.5 Å². The van der Waals surface area contributed by atoms with E-state index in [1.165, 1.54) is 11.3 Å². The lowest BCUT2D eigenvalue weighted by Gasteiger charge is -2.09. The number of anilines is 1. The van der Waals surface area contributed by atoms with Crippen molar-refractivity contribution >= 4 is 27.3 Å². The van der Waals surface area contributed by atoms with Crippen molar-refractivity contribution < 1.29 is 19.0 Å². The van der Waals surface area contributed by atoms with Crippen LogP contribution >= 0.6 is 11.3 Å². The topological polar surface area (TPSA) is 99.9 Å². The van der Waals surface area contributed by atoms with Gasteiger partial charge in [0.1, 0.15) is 5.75 Å². The van der Waals surface area contributed by atoms with E-state index in [1.54, 1.807) is 30.9 Å². The lowest BCUT2D eigenvalue weighted by molar-refractivity contribution is -0.118. The molecule has 0 saturated carbocycles. The highest BCUT2D eigenvalue weighted by Crippen LogP contribution is 2.32. The predicted octanol–water partition coefficient (Wildman–Crippen LogP) is 3.45. The smallest absolute Gasteiger partial charge is 0.264 e. The summed E-state index contributed by atoms with van der Waals surface area (Å²) in [6.07, 6.45) is 0.827. The summed E-state index contributed by atoms with van der Waals surface area (Å²) in [5.41, 5.74) is 1.81. The minimum Gasteiger partial charge on any atom is -0.493 e. The van der Waals surface area contributed by atoms with E-state index in [0.29, 0.717) is 33.2 Å². The van der Waals surface area contributed by atoms with Crippen LogP contribution in [0.1, 0.15) is 12.5 Å². The molecule has 0 aliphatic rings. The number of benzene rings is 2. The Morgan fingerprint density at radius 1 is 1.06 bits per heavy atom. The van der Waals surface area contributed by atoms with Gasteiger partial charge in [-0.3, -0.25) is 10.1 Å². The molecular weight excluding hydrogens is 418 g/mol. The van der Waals surface area contributed by atoms with Gasteiger partial charge in [-0.25, -0.2) is 0 Å². The number of aryl methyl sites for hydroxylation is 1. The average molecular weight is 439 g/mol. The number of methoxy groups -OCH3 is 2. The van der Waals surface area contributed by atoms with Crippen molar-refractivity contribution in [2.24, 2.45) is 0 Å². The maximum atomic E-state index is 12.3. The molecule has 0 aliphatic heterocycles. The Labute approximate surface area is 182 Å². The first-order valence-corrected chi connectivity index (χ1v) is 10.4. The molecule has 0 aliphatic carbocycles. The van der Waals surface area contributed by atoms with Crippen LogP contribution in [0.4, 0.5) is 5.13 Å². The number of ether oxygens (including phenoxy) is 3. The molecule has 0 fully saturated rings. The van der Waals surface area contributed by atoms with Crippen LogP contribution in [0.5, 0.6) is 17.2 Å². The molecule has 0 unspecified atom stereocenters. The van der Waals surface area contributed by atoms with Crippen LogP contribution in [0, 0.1) is 0 Å². The highest BCUT2D eigenvalue weighted by Gasteiger charge is 2.17. The largest absolute Gasteiger partial charge is 0.493 e.